The van der Waals surface area contributed by atoms with Gasteiger partial charge in [0.05, 0.1) is 18.4 Å². The maximum absolute atomic E-state index is 13.3. The van der Waals surface area contributed by atoms with Gasteiger partial charge in [0, 0.05) is 17.2 Å². The van der Waals surface area contributed by atoms with Crippen LogP contribution in [0.4, 0.5) is 8.78 Å². The second kappa shape index (κ2) is 7.02. The van der Waals surface area contributed by atoms with E-state index in [1.54, 1.807) is 0 Å². The Hall–Kier alpha value is -1.90. The maximum atomic E-state index is 13.3. The lowest BCUT2D eigenvalue weighted by Gasteiger charge is -2.25. The second-order valence-electron chi connectivity index (χ2n) is 6.29. The van der Waals surface area contributed by atoms with Crippen LogP contribution in [0.25, 0.3) is 11.3 Å². The normalized spacial score (nSPS) is 25.1. The van der Waals surface area contributed by atoms with Gasteiger partial charge in [-0.1, -0.05) is 41.6 Å². The fourth-order valence-electron chi connectivity index (χ4n) is 2.94. The largest absolute Gasteiger partial charge is 0.343 e. The monoisotopic (exact) mass is 378 g/mol. The highest BCUT2D eigenvalue weighted by molar-refractivity contribution is 7.99. The Labute approximate surface area is 153 Å². The third-order valence-corrected chi connectivity index (χ3v) is 5.51. The Balaban J connectivity index is 1.65. The molecule has 0 radical (unpaired) electrons. The second-order valence-corrected chi connectivity index (χ2v) is 7.50. The zero-order chi connectivity index (χ0) is 18.3. The summed E-state index contributed by atoms with van der Waals surface area (Å²) in [6.45, 7) is 2.26. The summed E-state index contributed by atoms with van der Waals surface area (Å²) in [5.41, 5.74) is 1.91. The van der Waals surface area contributed by atoms with Crippen molar-refractivity contribution in [2.24, 2.45) is 0 Å². The lowest BCUT2D eigenvalue weighted by atomic mass is 10.1. The van der Waals surface area contributed by atoms with Gasteiger partial charge in [0.25, 0.3) is 6.43 Å². The third-order valence-electron chi connectivity index (χ3n) is 4.34. The first-order valence-electron chi connectivity index (χ1n) is 8.20. The summed E-state index contributed by atoms with van der Waals surface area (Å²) in [5, 5.41) is -0.0369. The molecule has 4 rings (SSSR count). The number of carbonyl (C=O) groups excluding carboxylic acids is 1. The van der Waals surface area contributed by atoms with Gasteiger partial charge in [0.1, 0.15) is 5.69 Å². The lowest BCUT2D eigenvalue weighted by Crippen LogP contribution is -2.37. The number of rotatable bonds is 4. The fraction of sp³-hybridized carbons (Fsp3) is 0.389. The predicted molar refractivity (Wildman–Crippen MR) is 91.0 cm³/mol. The number of hydrogen-bond donors (Lipinski definition) is 0. The molecule has 0 saturated carbocycles. The molecule has 1 aromatic heterocycles. The Bertz CT molecular complexity index is 832. The minimum absolute atomic E-state index is 0.139. The number of carbonyl (C=O) groups is 1. The maximum Gasteiger partial charge on any atom is 0.280 e. The van der Waals surface area contributed by atoms with Crippen LogP contribution in [0, 0.1) is 6.92 Å². The highest BCUT2D eigenvalue weighted by Crippen LogP contribution is 2.36. The number of nitrogens with zero attached hydrogens (tertiary/aromatic N) is 2. The van der Waals surface area contributed by atoms with E-state index in [-0.39, 0.29) is 34.4 Å². The zero-order valence-electron chi connectivity index (χ0n) is 13.9. The topological polar surface area (TPSA) is 61.3 Å². The average Bonchev–Trinajstić information content (AvgIpc) is 3.06. The number of fused-ring (bicyclic) bond motifs is 2. The van der Waals surface area contributed by atoms with Crippen LogP contribution in [-0.2, 0) is 14.3 Å². The molecule has 2 bridgehead atoms. The number of halogens is 2. The minimum atomic E-state index is -2.70. The van der Waals surface area contributed by atoms with E-state index >= 15 is 0 Å². The van der Waals surface area contributed by atoms with Crippen LogP contribution in [0.1, 0.15) is 24.1 Å². The first kappa shape index (κ1) is 17.5. The number of benzene rings is 1. The van der Waals surface area contributed by atoms with Crippen molar-refractivity contribution in [3.63, 3.8) is 0 Å². The third kappa shape index (κ3) is 3.49. The fourth-order valence-corrected chi connectivity index (χ4v) is 4.06. The number of aromatic nitrogens is 2. The molecule has 0 amide bonds. The zero-order valence-corrected chi connectivity index (χ0v) is 14.7. The van der Waals surface area contributed by atoms with Gasteiger partial charge in [-0.25, -0.2) is 18.7 Å². The minimum Gasteiger partial charge on any atom is -0.343 e. The Morgan fingerprint density at radius 2 is 2.00 bits per heavy atom. The molecule has 2 aliphatic heterocycles. The van der Waals surface area contributed by atoms with E-state index in [2.05, 4.69) is 9.97 Å². The van der Waals surface area contributed by atoms with E-state index in [0.29, 0.717) is 12.3 Å². The van der Waals surface area contributed by atoms with Gasteiger partial charge < -0.3 is 9.47 Å². The van der Waals surface area contributed by atoms with E-state index in [0.717, 1.165) is 11.1 Å². The standard InChI is InChI=1S/C18H16F2N2O3S/c1-9-2-4-10(5-3-9)11-6-12(16(19)20)22-18(21-11)26-15-7-13(23)17-24-8-14(15)25-17/h2-6,14-17H,7-8H2,1H3/t14-,15+,17-/m1/s1. The van der Waals surface area contributed by atoms with Crippen molar-refractivity contribution in [2.75, 3.05) is 6.61 Å². The summed E-state index contributed by atoms with van der Waals surface area (Å²) in [6.07, 6.45) is -3.50. The van der Waals surface area contributed by atoms with E-state index in [1.165, 1.54) is 17.8 Å². The van der Waals surface area contributed by atoms with Crippen LogP contribution in [0.15, 0.2) is 35.5 Å². The van der Waals surface area contributed by atoms with Crippen LogP contribution in [-0.4, -0.2) is 40.0 Å². The number of aryl methyl sites for hydroxylation is 1. The van der Waals surface area contributed by atoms with Crippen LogP contribution in [0.3, 0.4) is 0 Å². The molecule has 0 aliphatic carbocycles. The first-order valence-corrected chi connectivity index (χ1v) is 9.08. The van der Waals surface area contributed by atoms with Crippen molar-refractivity contribution in [3.05, 3.63) is 41.6 Å². The summed E-state index contributed by atoms with van der Waals surface area (Å²) >= 11 is 1.19. The van der Waals surface area contributed by atoms with E-state index in [9.17, 15) is 13.6 Å². The van der Waals surface area contributed by atoms with Gasteiger partial charge in [0.2, 0.25) is 6.29 Å². The van der Waals surface area contributed by atoms with Gasteiger partial charge in [-0.3, -0.25) is 4.79 Å². The van der Waals surface area contributed by atoms with Gasteiger partial charge in [-0.05, 0) is 13.0 Å². The predicted octanol–water partition coefficient (Wildman–Crippen LogP) is 3.56. The molecule has 0 N–H and O–H groups in total. The summed E-state index contributed by atoms with van der Waals surface area (Å²) in [7, 11) is 0. The molecule has 136 valence electrons. The molecule has 0 spiro atoms. The SMILES string of the molecule is Cc1ccc(-c2cc(C(F)F)nc(S[C@H]3CC(=O)[C@@H]4OC[C@H]3O4)n2)cc1. The Kier molecular flexibility index (Phi) is 4.73. The van der Waals surface area contributed by atoms with Gasteiger partial charge >= 0.3 is 0 Å². The van der Waals surface area contributed by atoms with Crippen molar-refractivity contribution in [1.82, 2.24) is 9.97 Å². The van der Waals surface area contributed by atoms with Crippen LogP contribution in [0.5, 0.6) is 0 Å². The van der Waals surface area contributed by atoms with Crippen LogP contribution in [0.2, 0.25) is 0 Å². The van der Waals surface area contributed by atoms with Gasteiger partial charge in [-0.2, -0.15) is 0 Å². The van der Waals surface area contributed by atoms with Crippen molar-refractivity contribution < 1.29 is 23.0 Å². The quantitative estimate of drug-likeness (QED) is 0.758. The molecule has 8 heteroatoms. The summed E-state index contributed by atoms with van der Waals surface area (Å²) in [5.74, 6) is -0.139. The summed E-state index contributed by atoms with van der Waals surface area (Å²) in [4.78, 5) is 20.3. The smallest absolute Gasteiger partial charge is 0.280 e. The number of hydrogen-bond acceptors (Lipinski definition) is 6. The number of alkyl halides is 2. The molecular weight excluding hydrogens is 362 g/mol. The Morgan fingerprint density at radius 3 is 2.73 bits per heavy atom. The number of ether oxygens (including phenoxy) is 2. The van der Waals surface area contributed by atoms with Crippen molar-refractivity contribution in [2.45, 2.75) is 42.6 Å². The molecule has 3 atom stereocenters. The van der Waals surface area contributed by atoms with Crippen molar-refractivity contribution in [3.8, 4) is 11.3 Å². The van der Waals surface area contributed by atoms with E-state index in [1.807, 2.05) is 31.2 Å². The van der Waals surface area contributed by atoms with Crippen molar-refractivity contribution in [1.29, 1.82) is 0 Å². The summed E-state index contributed by atoms with van der Waals surface area (Å²) < 4.78 is 37.4. The van der Waals surface area contributed by atoms with Crippen molar-refractivity contribution >= 4 is 17.5 Å². The van der Waals surface area contributed by atoms with E-state index in [4.69, 9.17) is 9.47 Å². The molecule has 5 nitrogen and oxygen atoms in total. The molecular formula is C18H16F2N2O3S. The lowest BCUT2D eigenvalue weighted by molar-refractivity contribution is -0.151. The number of Topliss-reactive ketones (excluding diaryl/α,β-unsaturated/α-hetero) is 1. The molecule has 26 heavy (non-hydrogen) atoms. The highest BCUT2D eigenvalue weighted by Gasteiger charge is 2.44. The number of thioether (sulfide) groups is 1. The first-order chi connectivity index (χ1) is 12.5. The highest BCUT2D eigenvalue weighted by atomic mass is 32.2. The molecule has 2 aromatic rings. The van der Waals surface area contributed by atoms with Gasteiger partial charge in [-0.15, -0.1) is 0 Å². The average molecular weight is 378 g/mol. The molecule has 2 aliphatic rings. The molecule has 2 saturated heterocycles. The van der Waals surface area contributed by atoms with E-state index < -0.39 is 12.7 Å². The molecule has 2 fully saturated rings. The Morgan fingerprint density at radius 1 is 1.23 bits per heavy atom. The molecule has 3 heterocycles. The number of ketones is 1. The molecule has 0 unspecified atom stereocenters. The summed E-state index contributed by atoms with van der Waals surface area (Å²) in [6, 6.07) is 8.77. The van der Waals surface area contributed by atoms with Crippen LogP contribution < -0.4 is 0 Å². The van der Waals surface area contributed by atoms with Crippen LogP contribution >= 0.6 is 11.8 Å². The van der Waals surface area contributed by atoms with Gasteiger partial charge in [0.15, 0.2) is 10.9 Å². The molecule has 1 aromatic carbocycles.